The highest BCUT2D eigenvalue weighted by Crippen LogP contribution is 2.18. The van der Waals surface area contributed by atoms with Crippen molar-refractivity contribution in [2.45, 2.75) is 13.8 Å². The third kappa shape index (κ3) is 2.55. The fraction of sp³-hybridized carbons (Fsp3) is 0.154. The van der Waals surface area contributed by atoms with Gasteiger partial charge in [-0.2, -0.15) is 5.26 Å². The Labute approximate surface area is 109 Å². The first-order valence-electron chi connectivity index (χ1n) is 5.34. The van der Waals surface area contributed by atoms with Crippen molar-refractivity contribution in [3.05, 3.63) is 46.0 Å². The van der Waals surface area contributed by atoms with Crippen molar-refractivity contribution in [1.82, 2.24) is 4.98 Å². The van der Waals surface area contributed by atoms with Gasteiger partial charge in [-0.05, 0) is 37.1 Å². The number of rotatable bonds is 2. The van der Waals surface area contributed by atoms with E-state index in [-0.39, 0.29) is 5.91 Å². The Hall–Kier alpha value is -2.19. The maximum atomic E-state index is 11.9. The van der Waals surface area contributed by atoms with Gasteiger partial charge in [0, 0.05) is 5.56 Å². The van der Waals surface area contributed by atoms with E-state index < -0.39 is 0 Å². The lowest BCUT2D eigenvalue weighted by molar-refractivity contribution is 0.102. The van der Waals surface area contributed by atoms with Crippen molar-refractivity contribution in [3.8, 4) is 6.07 Å². The van der Waals surface area contributed by atoms with Crippen LogP contribution >= 0.6 is 11.3 Å². The van der Waals surface area contributed by atoms with Gasteiger partial charge in [-0.15, -0.1) is 0 Å². The highest BCUT2D eigenvalue weighted by molar-refractivity contribution is 7.16. The van der Waals surface area contributed by atoms with Crippen LogP contribution in [0.15, 0.2) is 24.4 Å². The molecule has 1 amide bonds. The summed E-state index contributed by atoms with van der Waals surface area (Å²) in [7, 11) is 0. The van der Waals surface area contributed by atoms with Crippen molar-refractivity contribution in [3.63, 3.8) is 0 Å². The number of nitrogens with one attached hydrogen (secondary N) is 1. The molecule has 1 heterocycles. The Kier molecular flexibility index (Phi) is 3.40. The van der Waals surface area contributed by atoms with Gasteiger partial charge in [-0.25, -0.2) is 4.98 Å². The summed E-state index contributed by atoms with van der Waals surface area (Å²) in [4.78, 5) is 16.4. The molecule has 2 aromatic rings. The molecule has 2 rings (SSSR count). The Morgan fingerprint density at radius 3 is 2.78 bits per heavy atom. The lowest BCUT2D eigenvalue weighted by atomic mass is 10.1. The van der Waals surface area contributed by atoms with Crippen LogP contribution in [0, 0.1) is 25.2 Å². The largest absolute Gasteiger partial charge is 0.298 e. The SMILES string of the molecule is Cc1ccc(C(=O)Nc2ncc(C#N)s2)cc1C. The zero-order valence-electron chi connectivity index (χ0n) is 10.0. The average Bonchev–Trinajstić information content (AvgIpc) is 2.80. The Bertz CT molecular complexity index is 640. The van der Waals surface area contributed by atoms with Crippen molar-refractivity contribution in [2.24, 2.45) is 0 Å². The second kappa shape index (κ2) is 4.98. The van der Waals surface area contributed by atoms with Gasteiger partial charge in [0.15, 0.2) is 5.13 Å². The summed E-state index contributed by atoms with van der Waals surface area (Å²) in [6.07, 6.45) is 1.45. The minimum atomic E-state index is -0.211. The van der Waals surface area contributed by atoms with Gasteiger partial charge in [0.2, 0.25) is 0 Å². The van der Waals surface area contributed by atoms with Crippen LogP contribution in [0.5, 0.6) is 0 Å². The molecule has 90 valence electrons. The quantitative estimate of drug-likeness (QED) is 0.899. The van der Waals surface area contributed by atoms with Gasteiger partial charge in [0.05, 0.1) is 6.20 Å². The summed E-state index contributed by atoms with van der Waals surface area (Å²) < 4.78 is 0. The zero-order valence-corrected chi connectivity index (χ0v) is 10.8. The van der Waals surface area contributed by atoms with Gasteiger partial charge in [0.25, 0.3) is 5.91 Å². The van der Waals surface area contributed by atoms with Crippen LogP contribution in [0.3, 0.4) is 0 Å². The van der Waals surface area contributed by atoms with Crippen molar-refractivity contribution >= 4 is 22.4 Å². The van der Waals surface area contributed by atoms with Gasteiger partial charge in [0.1, 0.15) is 10.9 Å². The predicted octanol–water partition coefficient (Wildman–Crippen LogP) is 2.88. The first-order chi connectivity index (χ1) is 8.60. The van der Waals surface area contributed by atoms with Crippen LogP contribution in [-0.2, 0) is 0 Å². The zero-order chi connectivity index (χ0) is 13.1. The number of benzene rings is 1. The summed E-state index contributed by atoms with van der Waals surface area (Å²) >= 11 is 1.16. The summed E-state index contributed by atoms with van der Waals surface area (Å²) in [5, 5.41) is 11.8. The Morgan fingerprint density at radius 2 is 2.17 bits per heavy atom. The van der Waals surface area contributed by atoms with Crippen LogP contribution in [0.2, 0.25) is 0 Å². The molecule has 0 unspecified atom stereocenters. The van der Waals surface area contributed by atoms with E-state index in [0.717, 1.165) is 22.5 Å². The fourth-order valence-electron chi connectivity index (χ4n) is 1.44. The number of hydrogen-bond donors (Lipinski definition) is 1. The number of amides is 1. The van der Waals surface area contributed by atoms with E-state index in [1.807, 2.05) is 32.0 Å². The van der Waals surface area contributed by atoms with Crippen molar-refractivity contribution in [1.29, 1.82) is 5.26 Å². The van der Waals surface area contributed by atoms with Crippen molar-refractivity contribution < 1.29 is 4.79 Å². The van der Waals surface area contributed by atoms with E-state index in [2.05, 4.69) is 10.3 Å². The molecule has 0 spiro atoms. The molecule has 0 bridgehead atoms. The van der Waals surface area contributed by atoms with E-state index in [1.165, 1.54) is 6.20 Å². The molecule has 0 atom stereocenters. The fourth-order valence-corrected chi connectivity index (χ4v) is 2.04. The van der Waals surface area contributed by atoms with E-state index in [9.17, 15) is 4.79 Å². The molecule has 5 heteroatoms. The molecule has 4 nitrogen and oxygen atoms in total. The summed E-state index contributed by atoms with van der Waals surface area (Å²) in [6.45, 7) is 3.96. The van der Waals surface area contributed by atoms with E-state index in [1.54, 1.807) is 6.07 Å². The first kappa shape index (κ1) is 12.3. The Balaban J connectivity index is 2.17. The maximum Gasteiger partial charge on any atom is 0.257 e. The average molecular weight is 257 g/mol. The van der Waals surface area contributed by atoms with E-state index in [4.69, 9.17) is 5.26 Å². The third-order valence-corrected chi connectivity index (χ3v) is 3.42. The molecule has 0 aliphatic rings. The smallest absolute Gasteiger partial charge is 0.257 e. The number of anilines is 1. The van der Waals surface area contributed by atoms with Crippen LogP contribution in [-0.4, -0.2) is 10.9 Å². The monoisotopic (exact) mass is 257 g/mol. The molecule has 0 aliphatic heterocycles. The standard InChI is InChI=1S/C13H11N3OS/c1-8-3-4-10(5-9(8)2)12(17)16-13-15-7-11(6-14)18-13/h3-5,7H,1-2H3,(H,15,16,17). The Morgan fingerprint density at radius 1 is 1.39 bits per heavy atom. The van der Waals surface area contributed by atoms with Crippen LogP contribution < -0.4 is 5.32 Å². The number of carbonyl (C=O) groups is 1. The molecule has 0 fully saturated rings. The lowest BCUT2D eigenvalue weighted by Crippen LogP contribution is -2.11. The number of nitriles is 1. The minimum absolute atomic E-state index is 0.211. The second-order valence-electron chi connectivity index (χ2n) is 3.89. The number of nitrogens with zero attached hydrogens (tertiary/aromatic N) is 2. The van der Waals surface area contributed by atoms with Gasteiger partial charge in [-0.3, -0.25) is 10.1 Å². The summed E-state index contributed by atoms with van der Waals surface area (Å²) in [5.41, 5.74) is 2.80. The number of carbonyl (C=O) groups excluding carboxylic acids is 1. The third-order valence-electron chi connectivity index (χ3n) is 2.61. The molecule has 0 saturated carbocycles. The summed E-state index contributed by atoms with van der Waals surface area (Å²) in [5.74, 6) is -0.211. The molecular formula is C13H11N3OS. The molecule has 0 aliphatic carbocycles. The van der Waals surface area contributed by atoms with Crippen LogP contribution in [0.25, 0.3) is 0 Å². The summed E-state index contributed by atoms with van der Waals surface area (Å²) in [6, 6.07) is 7.50. The molecule has 1 N–H and O–H groups in total. The molecule has 18 heavy (non-hydrogen) atoms. The molecular weight excluding hydrogens is 246 g/mol. The maximum absolute atomic E-state index is 11.9. The minimum Gasteiger partial charge on any atom is -0.298 e. The van der Waals surface area contributed by atoms with Crippen LogP contribution in [0.1, 0.15) is 26.4 Å². The normalized spacial score (nSPS) is 9.83. The van der Waals surface area contributed by atoms with E-state index in [0.29, 0.717) is 15.6 Å². The van der Waals surface area contributed by atoms with Crippen molar-refractivity contribution in [2.75, 3.05) is 5.32 Å². The molecule has 0 saturated heterocycles. The molecule has 1 aromatic carbocycles. The number of aryl methyl sites for hydroxylation is 2. The second-order valence-corrected chi connectivity index (χ2v) is 4.93. The van der Waals surface area contributed by atoms with Gasteiger partial charge < -0.3 is 0 Å². The first-order valence-corrected chi connectivity index (χ1v) is 6.16. The highest BCUT2D eigenvalue weighted by Gasteiger charge is 2.09. The van der Waals surface area contributed by atoms with Crippen LogP contribution in [0.4, 0.5) is 5.13 Å². The van der Waals surface area contributed by atoms with Gasteiger partial charge in [-0.1, -0.05) is 17.4 Å². The molecule has 1 aromatic heterocycles. The molecule has 0 radical (unpaired) electrons. The number of aromatic nitrogens is 1. The number of hydrogen-bond acceptors (Lipinski definition) is 4. The van der Waals surface area contributed by atoms with Gasteiger partial charge >= 0.3 is 0 Å². The number of thiazole rings is 1. The topological polar surface area (TPSA) is 65.8 Å². The predicted molar refractivity (Wildman–Crippen MR) is 70.7 cm³/mol. The highest BCUT2D eigenvalue weighted by atomic mass is 32.1. The lowest BCUT2D eigenvalue weighted by Gasteiger charge is -2.04. The van der Waals surface area contributed by atoms with E-state index >= 15 is 0 Å².